The Bertz CT molecular complexity index is 348. The van der Waals surface area contributed by atoms with Crippen molar-refractivity contribution in [1.82, 2.24) is 10.1 Å². The van der Waals surface area contributed by atoms with Crippen LogP contribution in [0.3, 0.4) is 0 Å². The summed E-state index contributed by atoms with van der Waals surface area (Å²) in [5, 5.41) is 7.97. The van der Waals surface area contributed by atoms with Crippen molar-refractivity contribution < 1.29 is 9.26 Å². The van der Waals surface area contributed by atoms with Crippen molar-refractivity contribution in [2.75, 3.05) is 37.1 Å². The van der Waals surface area contributed by atoms with Crippen molar-refractivity contribution in [2.24, 2.45) is 0 Å². The van der Waals surface area contributed by atoms with Crippen LogP contribution >= 0.6 is 23.5 Å². The Morgan fingerprint density at radius 3 is 3.06 bits per heavy atom. The second-order valence-electron chi connectivity index (χ2n) is 3.74. The molecule has 0 aromatic carbocycles. The molecule has 0 amide bonds. The van der Waals surface area contributed by atoms with E-state index in [2.05, 4.69) is 22.4 Å². The predicted octanol–water partition coefficient (Wildman–Crippen LogP) is 2.04. The van der Waals surface area contributed by atoms with Crippen molar-refractivity contribution in [3.63, 3.8) is 0 Å². The molecule has 0 aliphatic carbocycles. The molecule has 1 aliphatic rings. The molecule has 2 unspecified atom stereocenters. The molecule has 1 fully saturated rings. The van der Waals surface area contributed by atoms with Gasteiger partial charge in [-0.05, 0) is 0 Å². The minimum atomic E-state index is 0.343. The predicted molar refractivity (Wildman–Crippen MR) is 71.8 cm³/mol. The summed E-state index contributed by atoms with van der Waals surface area (Å²) in [7, 11) is 1.67. The van der Waals surface area contributed by atoms with Crippen molar-refractivity contribution >= 4 is 29.5 Å². The molecule has 0 saturated carbocycles. The molecule has 1 aromatic heterocycles. The normalized spacial score (nSPS) is 24.8. The van der Waals surface area contributed by atoms with Crippen LogP contribution in [0.1, 0.15) is 18.0 Å². The first kappa shape index (κ1) is 13.0. The third-order valence-corrected chi connectivity index (χ3v) is 5.55. The highest BCUT2D eigenvalue weighted by Crippen LogP contribution is 2.41. The number of thioether (sulfide) groups is 2. The molecule has 96 valence electrons. The van der Waals surface area contributed by atoms with Crippen LogP contribution in [0.2, 0.25) is 0 Å². The van der Waals surface area contributed by atoms with Gasteiger partial charge in [0.1, 0.15) is 0 Å². The fourth-order valence-electron chi connectivity index (χ4n) is 1.60. The van der Waals surface area contributed by atoms with Crippen molar-refractivity contribution in [3.8, 4) is 0 Å². The van der Waals surface area contributed by atoms with Crippen LogP contribution in [0.5, 0.6) is 0 Å². The molecule has 2 rings (SSSR count). The second-order valence-corrected chi connectivity index (χ2v) is 6.48. The number of hydrogen-bond acceptors (Lipinski definition) is 7. The fourth-order valence-corrected chi connectivity index (χ4v) is 4.28. The summed E-state index contributed by atoms with van der Waals surface area (Å²) in [6.45, 7) is 3.53. The van der Waals surface area contributed by atoms with E-state index < -0.39 is 0 Å². The minimum absolute atomic E-state index is 0.343. The van der Waals surface area contributed by atoms with Gasteiger partial charge in [-0.15, -0.1) is 11.8 Å². The van der Waals surface area contributed by atoms with Crippen molar-refractivity contribution in [3.05, 3.63) is 5.82 Å². The number of methoxy groups -OCH3 is 1. The summed E-state index contributed by atoms with van der Waals surface area (Å²) in [6, 6.07) is 0.487. The van der Waals surface area contributed by atoms with E-state index in [1.54, 1.807) is 7.11 Å². The quantitative estimate of drug-likeness (QED) is 0.825. The lowest BCUT2D eigenvalue weighted by molar-refractivity contribution is 0.210. The molecule has 17 heavy (non-hydrogen) atoms. The third-order valence-electron chi connectivity index (χ3n) is 2.47. The van der Waals surface area contributed by atoms with Crippen LogP contribution in [-0.4, -0.2) is 47.2 Å². The zero-order chi connectivity index (χ0) is 12.1. The summed E-state index contributed by atoms with van der Waals surface area (Å²) >= 11 is 3.88. The lowest BCUT2D eigenvalue weighted by Gasteiger charge is -2.24. The maximum absolute atomic E-state index is 5.16. The maximum Gasteiger partial charge on any atom is 0.321 e. The van der Waals surface area contributed by atoms with Gasteiger partial charge in [-0.3, -0.25) is 0 Å². The molecule has 1 aromatic rings. The average Bonchev–Trinajstić information content (AvgIpc) is 2.79. The first-order valence-electron chi connectivity index (χ1n) is 5.61. The number of ether oxygens (including phenoxy) is 1. The molecule has 5 nitrogen and oxygen atoms in total. The Kier molecular flexibility index (Phi) is 4.99. The number of nitrogens with one attached hydrogen (secondary N) is 1. The summed E-state index contributed by atoms with van der Waals surface area (Å²) in [5.74, 6) is 3.16. The molecular weight excluding hydrogens is 258 g/mol. The average molecular weight is 275 g/mol. The standard InChI is InChI=1S/C10H17N3O2S2/c1-7-8(17-6-5-16-7)9-12-10(15-13-9)11-3-4-14-2/h7-8H,3-6H2,1-2H3,(H,11,12,13). The molecule has 2 atom stereocenters. The Balaban J connectivity index is 1.92. The van der Waals surface area contributed by atoms with E-state index in [4.69, 9.17) is 9.26 Å². The molecular formula is C10H17N3O2S2. The zero-order valence-corrected chi connectivity index (χ0v) is 11.6. The van der Waals surface area contributed by atoms with Crippen LogP contribution in [0.25, 0.3) is 0 Å². The molecule has 1 saturated heterocycles. The molecule has 0 bridgehead atoms. The van der Waals surface area contributed by atoms with E-state index in [0.29, 0.717) is 29.7 Å². The Hall–Kier alpha value is -0.400. The molecule has 1 aliphatic heterocycles. The van der Waals surface area contributed by atoms with Crippen LogP contribution < -0.4 is 5.32 Å². The SMILES string of the molecule is COCCNc1nc(C2SCCSC2C)no1. The van der Waals surface area contributed by atoms with Crippen LogP contribution in [-0.2, 0) is 4.74 Å². The molecule has 0 radical (unpaired) electrons. The molecule has 2 heterocycles. The Labute approximate surface area is 109 Å². The van der Waals surface area contributed by atoms with Gasteiger partial charge in [0.2, 0.25) is 0 Å². The topological polar surface area (TPSA) is 60.2 Å². The van der Waals surface area contributed by atoms with Gasteiger partial charge in [-0.25, -0.2) is 0 Å². The van der Waals surface area contributed by atoms with Gasteiger partial charge in [0.05, 0.1) is 11.9 Å². The molecule has 0 spiro atoms. The van der Waals surface area contributed by atoms with Crippen molar-refractivity contribution in [1.29, 1.82) is 0 Å². The van der Waals surface area contributed by atoms with E-state index in [9.17, 15) is 0 Å². The van der Waals surface area contributed by atoms with E-state index in [1.165, 1.54) is 5.75 Å². The van der Waals surface area contributed by atoms with Gasteiger partial charge >= 0.3 is 6.01 Å². The van der Waals surface area contributed by atoms with Gasteiger partial charge in [-0.2, -0.15) is 16.7 Å². The maximum atomic E-state index is 5.16. The lowest BCUT2D eigenvalue weighted by Crippen LogP contribution is -2.17. The summed E-state index contributed by atoms with van der Waals surface area (Å²) < 4.78 is 10.1. The highest BCUT2D eigenvalue weighted by molar-refractivity contribution is 8.06. The summed E-state index contributed by atoms with van der Waals surface area (Å²) in [5.41, 5.74) is 0. The number of anilines is 1. The summed E-state index contributed by atoms with van der Waals surface area (Å²) in [4.78, 5) is 4.38. The third kappa shape index (κ3) is 3.53. The largest absolute Gasteiger partial charge is 0.383 e. The van der Waals surface area contributed by atoms with Crippen LogP contribution in [0, 0.1) is 0 Å². The van der Waals surface area contributed by atoms with E-state index in [0.717, 1.165) is 11.6 Å². The highest BCUT2D eigenvalue weighted by Gasteiger charge is 2.28. The van der Waals surface area contributed by atoms with Gasteiger partial charge in [0.25, 0.3) is 0 Å². The van der Waals surface area contributed by atoms with E-state index >= 15 is 0 Å². The Morgan fingerprint density at radius 2 is 2.29 bits per heavy atom. The van der Waals surface area contributed by atoms with Gasteiger partial charge in [-0.1, -0.05) is 12.1 Å². The minimum Gasteiger partial charge on any atom is -0.383 e. The van der Waals surface area contributed by atoms with Crippen molar-refractivity contribution in [2.45, 2.75) is 17.4 Å². The Morgan fingerprint density at radius 1 is 1.47 bits per heavy atom. The van der Waals surface area contributed by atoms with E-state index in [-0.39, 0.29) is 0 Å². The highest BCUT2D eigenvalue weighted by atomic mass is 32.2. The first-order valence-corrected chi connectivity index (χ1v) is 7.70. The fraction of sp³-hybridized carbons (Fsp3) is 0.800. The van der Waals surface area contributed by atoms with Crippen LogP contribution in [0.4, 0.5) is 6.01 Å². The van der Waals surface area contributed by atoms with Gasteiger partial charge in [0.15, 0.2) is 5.82 Å². The van der Waals surface area contributed by atoms with Gasteiger partial charge in [0, 0.05) is 30.4 Å². The number of nitrogens with zero attached hydrogens (tertiary/aromatic N) is 2. The smallest absolute Gasteiger partial charge is 0.321 e. The molecule has 7 heteroatoms. The number of rotatable bonds is 5. The monoisotopic (exact) mass is 275 g/mol. The summed E-state index contributed by atoms with van der Waals surface area (Å²) in [6.07, 6.45) is 0. The number of aromatic nitrogens is 2. The van der Waals surface area contributed by atoms with E-state index in [1.807, 2.05) is 23.5 Å². The van der Waals surface area contributed by atoms with Crippen LogP contribution in [0.15, 0.2) is 4.52 Å². The first-order chi connectivity index (χ1) is 8.31. The number of hydrogen-bond donors (Lipinski definition) is 1. The van der Waals surface area contributed by atoms with Gasteiger partial charge < -0.3 is 14.6 Å². The second kappa shape index (κ2) is 6.51. The zero-order valence-electron chi connectivity index (χ0n) is 10.0. The molecule has 1 N–H and O–H groups in total. The lowest BCUT2D eigenvalue weighted by atomic mass is 10.3.